The highest BCUT2D eigenvalue weighted by Crippen LogP contribution is 2.03. The van der Waals surface area contributed by atoms with Crippen molar-refractivity contribution >= 4 is 51.6 Å². The topological polar surface area (TPSA) is 43.4 Å². The number of ether oxygens (including phenoxy) is 1. The van der Waals surface area contributed by atoms with E-state index in [1.165, 1.54) is 6.92 Å². The first-order valence-electron chi connectivity index (χ1n) is 3.54. The van der Waals surface area contributed by atoms with Crippen molar-refractivity contribution in [2.24, 2.45) is 0 Å². The highest BCUT2D eigenvalue weighted by Gasteiger charge is 1.81. The van der Waals surface area contributed by atoms with Gasteiger partial charge in [-0.1, -0.05) is 34.8 Å². The highest BCUT2D eigenvalue weighted by atomic mass is 35.6. The molecule has 0 N–H and O–H groups in total. The quantitative estimate of drug-likeness (QED) is 0.549. The van der Waals surface area contributed by atoms with Crippen molar-refractivity contribution < 1.29 is 13.7 Å². The molecule has 0 aliphatic carbocycles. The number of hydrogen-bond donors (Lipinski definition) is 0. The number of esters is 1. The summed E-state index contributed by atoms with van der Waals surface area (Å²) in [5.41, 5.74) is 0. The van der Waals surface area contributed by atoms with Crippen molar-refractivity contribution in [2.45, 2.75) is 18.1 Å². The Morgan fingerprint density at radius 1 is 1.36 bits per heavy atom. The molecule has 0 atom stereocenters. The zero-order chi connectivity index (χ0) is 12.1. The third-order valence-corrected chi connectivity index (χ3v) is 0.348. The Labute approximate surface area is 102 Å². The summed E-state index contributed by atoms with van der Waals surface area (Å²) in [6.07, 6.45) is 3.28. The third-order valence-electron chi connectivity index (χ3n) is 0.348. The van der Waals surface area contributed by atoms with Crippen molar-refractivity contribution in [3.63, 3.8) is 0 Å². The molecule has 0 aliphatic rings. The van der Waals surface area contributed by atoms with E-state index in [2.05, 4.69) is 4.74 Å². The van der Waals surface area contributed by atoms with Gasteiger partial charge in [-0.2, -0.15) is 0 Å². The van der Waals surface area contributed by atoms with Gasteiger partial charge in [0.1, 0.15) is 0 Å². The predicted octanol–water partition coefficient (Wildman–Crippen LogP) is 2.55. The van der Waals surface area contributed by atoms with Gasteiger partial charge in [0, 0.05) is 30.2 Å². The molecule has 0 radical (unpaired) electrons. The molecule has 0 rings (SSSR count). The van der Waals surface area contributed by atoms with Crippen molar-refractivity contribution in [3.8, 4) is 0 Å². The van der Waals surface area contributed by atoms with E-state index in [4.69, 9.17) is 34.8 Å². The Morgan fingerprint density at radius 3 is 1.57 bits per heavy atom. The molecule has 88 valence electrons. The maximum Gasteiger partial charge on any atom is 0.302 e. The number of rotatable bonds is 1. The van der Waals surface area contributed by atoms with Gasteiger partial charge in [0.25, 0.3) is 0 Å². The molecular weight excluding hydrogens is 270 g/mol. The normalized spacial score (nSPS) is 8.36. The van der Waals surface area contributed by atoms with Gasteiger partial charge in [0.15, 0.2) is 4.30 Å². The van der Waals surface area contributed by atoms with E-state index in [1.807, 2.05) is 0 Å². The summed E-state index contributed by atoms with van der Waals surface area (Å²) in [4.78, 5) is 9.82. The molecule has 3 nitrogen and oxygen atoms in total. The molecule has 0 heterocycles. The third kappa shape index (κ3) is 135. The fourth-order valence-electron chi connectivity index (χ4n) is 0.203. The van der Waals surface area contributed by atoms with Gasteiger partial charge < -0.3 is 4.74 Å². The zero-order valence-electron chi connectivity index (χ0n) is 8.55. The zero-order valence-corrected chi connectivity index (χ0v) is 11.6. The summed E-state index contributed by atoms with van der Waals surface area (Å²) < 4.78 is 13.2. The van der Waals surface area contributed by atoms with E-state index in [0.717, 1.165) is 0 Å². The maximum absolute atomic E-state index is 9.82. The summed E-state index contributed by atoms with van der Waals surface area (Å²) in [5.74, 6) is -0.211. The molecule has 0 spiro atoms. The Bertz CT molecular complexity index is 146. The molecule has 0 aromatic heterocycles. The second kappa shape index (κ2) is 15.9. The largest absolute Gasteiger partial charge is 0.466 e. The lowest BCUT2D eigenvalue weighted by molar-refractivity contribution is -0.140. The van der Waals surface area contributed by atoms with E-state index < -0.39 is 15.1 Å². The summed E-state index contributed by atoms with van der Waals surface area (Å²) in [5, 5.41) is 0. The van der Waals surface area contributed by atoms with Crippen molar-refractivity contribution in [1.29, 1.82) is 0 Å². The average molecular weight is 286 g/mol. The first kappa shape index (κ1) is 20.0. The standard InChI is InChI=1S/C4H8O2.C2H6OS.CHCl3/c1-3-6-4(2)5;1-4(2)3;2-1(3)4/h3H2,1-2H3;1-2H3;1H. The van der Waals surface area contributed by atoms with E-state index in [1.54, 1.807) is 19.4 Å². The maximum atomic E-state index is 9.82. The SMILES string of the molecule is CCOC(C)=O.CS(C)=O.ClC(Cl)Cl. The van der Waals surface area contributed by atoms with Crippen LogP contribution in [0.3, 0.4) is 0 Å². The molecule has 0 unspecified atom stereocenters. The van der Waals surface area contributed by atoms with Crippen LogP contribution in [0.25, 0.3) is 0 Å². The molecule has 7 heteroatoms. The molecule has 0 aliphatic heterocycles. The first-order chi connectivity index (χ1) is 6.23. The minimum atomic E-state index is -0.750. The molecule has 0 saturated heterocycles. The fraction of sp³-hybridized carbons (Fsp3) is 0.857. The van der Waals surface area contributed by atoms with Crippen LogP contribution in [0.2, 0.25) is 0 Å². The van der Waals surface area contributed by atoms with Crippen molar-refractivity contribution in [3.05, 3.63) is 0 Å². The number of hydrogen-bond acceptors (Lipinski definition) is 3. The molecule has 0 bridgehead atoms. The highest BCUT2D eigenvalue weighted by molar-refractivity contribution is 7.83. The van der Waals surface area contributed by atoms with Gasteiger partial charge in [-0.3, -0.25) is 9.00 Å². The Kier molecular flexibility index (Phi) is 22.7. The summed E-state index contributed by atoms with van der Waals surface area (Å²) in [7, 11) is -0.611. The summed E-state index contributed by atoms with van der Waals surface area (Å²) in [6.45, 7) is 3.65. The van der Waals surface area contributed by atoms with Crippen LogP contribution >= 0.6 is 34.8 Å². The van der Waals surface area contributed by atoms with Crippen molar-refractivity contribution in [2.75, 3.05) is 19.1 Å². The van der Waals surface area contributed by atoms with Gasteiger partial charge >= 0.3 is 5.97 Å². The molecule has 0 aromatic rings. The van der Waals surface area contributed by atoms with Gasteiger partial charge in [0.2, 0.25) is 0 Å². The van der Waals surface area contributed by atoms with Crippen LogP contribution in [0, 0.1) is 0 Å². The summed E-state index contributed by atoms with van der Waals surface area (Å²) in [6, 6.07) is 0. The lowest BCUT2D eigenvalue weighted by Crippen LogP contribution is -1.95. The second-order valence-corrected chi connectivity index (χ2v) is 5.38. The average Bonchev–Trinajstić information content (AvgIpc) is 1.82. The van der Waals surface area contributed by atoms with Crippen LogP contribution in [0.4, 0.5) is 0 Å². The van der Waals surface area contributed by atoms with E-state index >= 15 is 0 Å². The Hall–Kier alpha value is 0.490. The van der Waals surface area contributed by atoms with Crippen LogP contribution in [0.5, 0.6) is 0 Å². The van der Waals surface area contributed by atoms with Crippen LogP contribution < -0.4 is 0 Å². The molecule has 0 fully saturated rings. The monoisotopic (exact) mass is 284 g/mol. The van der Waals surface area contributed by atoms with E-state index in [0.29, 0.717) is 6.61 Å². The minimum Gasteiger partial charge on any atom is -0.466 e. The Balaban J connectivity index is -0.000000135. The predicted molar refractivity (Wildman–Crippen MR) is 63.6 cm³/mol. The van der Waals surface area contributed by atoms with E-state index in [9.17, 15) is 9.00 Å². The van der Waals surface area contributed by atoms with Crippen LogP contribution in [-0.4, -0.2) is 33.6 Å². The molecular formula is C7H15Cl3O3S. The van der Waals surface area contributed by atoms with Crippen LogP contribution in [0.1, 0.15) is 13.8 Å². The number of alkyl halides is 3. The minimum absolute atomic E-state index is 0.211. The fourth-order valence-corrected chi connectivity index (χ4v) is 0.203. The number of halogens is 3. The molecule has 0 amide bonds. The van der Waals surface area contributed by atoms with Crippen LogP contribution in [0.15, 0.2) is 0 Å². The lowest BCUT2D eigenvalue weighted by atomic mass is 10.8. The Morgan fingerprint density at radius 2 is 1.57 bits per heavy atom. The van der Waals surface area contributed by atoms with Crippen molar-refractivity contribution in [1.82, 2.24) is 0 Å². The number of carbonyl (C=O) groups is 1. The first-order valence-corrected chi connectivity index (χ1v) is 6.82. The van der Waals surface area contributed by atoms with Gasteiger partial charge in [-0.25, -0.2) is 0 Å². The summed E-state index contributed by atoms with van der Waals surface area (Å²) >= 11 is 14.4. The van der Waals surface area contributed by atoms with Gasteiger partial charge in [-0.05, 0) is 6.92 Å². The molecule has 14 heavy (non-hydrogen) atoms. The van der Waals surface area contributed by atoms with Crippen LogP contribution in [-0.2, 0) is 20.3 Å². The number of carbonyl (C=O) groups excluding carboxylic acids is 1. The van der Waals surface area contributed by atoms with Gasteiger partial charge in [-0.15, -0.1) is 0 Å². The van der Waals surface area contributed by atoms with E-state index in [-0.39, 0.29) is 5.97 Å². The smallest absolute Gasteiger partial charge is 0.302 e. The van der Waals surface area contributed by atoms with Gasteiger partial charge in [0.05, 0.1) is 6.61 Å². The second-order valence-electron chi connectivity index (χ2n) is 1.91. The lowest BCUT2D eigenvalue weighted by Gasteiger charge is -1.89. The molecule has 0 aromatic carbocycles. The molecule has 0 saturated carbocycles.